The number of methoxy groups -OCH3 is 1. The topological polar surface area (TPSA) is 51.2 Å². The molecule has 0 aliphatic rings. The highest BCUT2D eigenvalue weighted by molar-refractivity contribution is 5.95. The first kappa shape index (κ1) is 18.8. The quantitative estimate of drug-likeness (QED) is 0.896. The van der Waals surface area contributed by atoms with Gasteiger partial charge in [0.15, 0.2) is 5.69 Å². The van der Waals surface area contributed by atoms with Gasteiger partial charge in [0.25, 0.3) is 5.91 Å². The van der Waals surface area contributed by atoms with Crippen molar-refractivity contribution >= 4 is 5.91 Å². The zero-order chi connectivity index (χ0) is 18.6. The average Bonchev–Trinajstić information content (AvgIpc) is 2.51. The van der Waals surface area contributed by atoms with Crippen LogP contribution in [0.15, 0.2) is 30.3 Å². The van der Waals surface area contributed by atoms with Crippen LogP contribution in [-0.2, 0) is 6.42 Å². The highest BCUT2D eigenvalue weighted by atomic mass is 19.1. The maximum absolute atomic E-state index is 13.3. The molecule has 2 aromatic rings. The molecule has 1 aromatic carbocycles. The smallest absolute Gasteiger partial charge is 0.273 e. The number of carbonyl (C=O) groups is 1. The first-order valence-electron chi connectivity index (χ1n) is 7.95. The Labute approximate surface area is 146 Å². The maximum Gasteiger partial charge on any atom is 0.273 e. The molecule has 0 atom stereocenters. The van der Waals surface area contributed by atoms with E-state index >= 15 is 0 Å². The van der Waals surface area contributed by atoms with Gasteiger partial charge in [0.1, 0.15) is 17.4 Å². The summed E-state index contributed by atoms with van der Waals surface area (Å²) in [6.07, 6.45) is 0.207. The number of amides is 1. The van der Waals surface area contributed by atoms with Crippen molar-refractivity contribution in [2.75, 3.05) is 13.7 Å². The van der Waals surface area contributed by atoms with E-state index in [0.717, 1.165) is 6.07 Å². The van der Waals surface area contributed by atoms with E-state index in [4.69, 9.17) is 4.74 Å². The van der Waals surface area contributed by atoms with Crippen LogP contribution in [0.3, 0.4) is 0 Å². The summed E-state index contributed by atoms with van der Waals surface area (Å²) in [5.41, 5.74) is 1.05. The molecule has 4 nitrogen and oxygen atoms in total. The van der Waals surface area contributed by atoms with E-state index in [1.165, 1.54) is 19.2 Å². The van der Waals surface area contributed by atoms with Crippen molar-refractivity contribution in [1.82, 2.24) is 10.3 Å². The van der Waals surface area contributed by atoms with Crippen LogP contribution in [0.1, 0.15) is 42.5 Å². The van der Waals surface area contributed by atoms with E-state index in [1.807, 2.05) is 20.8 Å². The third-order valence-electron chi connectivity index (χ3n) is 3.44. The Morgan fingerprint density at radius 3 is 2.36 bits per heavy atom. The summed E-state index contributed by atoms with van der Waals surface area (Å²) in [4.78, 5) is 16.7. The van der Waals surface area contributed by atoms with Crippen LogP contribution < -0.4 is 10.1 Å². The molecule has 134 valence electrons. The van der Waals surface area contributed by atoms with Crippen LogP contribution >= 0.6 is 0 Å². The van der Waals surface area contributed by atoms with Crippen LogP contribution in [-0.4, -0.2) is 24.5 Å². The largest absolute Gasteiger partial charge is 0.494 e. The Balaban J connectivity index is 2.25. The second-order valence-electron chi connectivity index (χ2n) is 7.05. The van der Waals surface area contributed by atoms with Gasteiger partial charge in [-0.2, -0.15) is 0 Å². The van der Waals surface area contributed by atoms with Crippen molar-refractivity contribution < 1.29 is 18.3 Å². The number of ether oxygens (including phenoxy) is 1. The summed E-state index contributed by atoms with van der Waals surface area (Å²) in [5, 5.41) is 2.82. The van der Waals surface area contributed by atoms with Gasteiger partial charge in [-0.25, -0.2) is 13.8 Å². The lowest BCUT2D eigenvalue weighted by Crippen LogP contribution is -2.33. The summed E-state index contributed by atoms with van der Waals surface area (Å²) in [7, 11) is 1.46. The Morgan fingerprint density at radius 2 is 1.80 bits per heavy atom. The minimum absolute atomic E-state index is 0.0698. The van der Waals surface area contributed by atoms with Gasteiger partial charge in [0, 0.05) is 24.7 Å². The summed E-state index contributed by atoms with van der Waals surface area (Å²) in [6.45, 7) is 6.50. The number of nitrogens with one attached hydrogen (secondary N) is 1. The Hall–Kier alpha value is -2.50. The molecule has 0 spiro atoms. The van der Waals surface area contributed by atoms with Crippen molar-refractivity contribution in [2.45, 2.75) is 27.2 Å². The number of pyridine rings is 1. The lowest BCUT2D eigenvalue weighted by atomic mass is 9.97. The van der Waals surface area contributed by atoms with Gasteiger partial charge in [-0.3, -0.25) is 4.79 Å². The van der Waals surface area contributed by atoms with Crippen molar-refractivity contribution in [3.8, 4) is 5.75 Å². The highest BCUT2D eigenvalue weighted by Gasteiger charge is 2.18. The third-order valence-corrected chi connectivity index (χ3v) is 3.44. The van der Waals surface area contributed by atoms with E-state index in [2.05, 4.69) is 10.3 Å². The van der Waals surface area contributed by atoms with Gasteiger partial charge in [-0.15, -0.1) is 0 Å². The number of carbonyl (C=O) groups excluding carboxylic acids is 1. The van der Waals surface area contributed by atoms with Crippen LogP contribution in [0.25, 0.3) is 0 Å². The van der Waals surface area contributed by atoms with Gasteiger partial charge < -0.3 is 10.1 Å². The lowest BCUT2D eigenvalue weighted by Gasteiger charge is -2.19. The molecule has 1 amide bonds. The van der Waals surface area contributed by atoms with E-state index < -0.39 is 11.6 Å². The van der Waals surface area contributed by atoms with Crippen LogP contribution in [0, 0.1) is 17.0 Å². The van der Waals surface area contributed by atoms with Gasteiger partial charge in [0.05, 0.1) is 7.11 Å². The molecule has 25 heavy (non-hydrogen) atoms. The number of benzene rings is 1. The zero-order valence-electron chi connectivity index (χ0n) is 14.8. The predicted molar refractivity (Wildman–Crippen MR) is 91.7 cm³/mol. The molecular formula is C19H22F2N2O2. The maximum atomic E-state index is 13.3. The second-order valence-corrected chi connectivity index (χ2v) is 7.05. The molecule has 0 fully saturated rings. The third kappa shape index (κ3) is 5.52. The first-order chi connectivity index (χ1) is 11.7. The van der Waals surface area contributed by atoms with Crippen molar-refractivity contribution in [1.29, 1.82) is 0 Å². The standard InChI is InChI=1S/C19H22F2N2O2/c1-19(2,3)11-22-18(24)17-16(25-4)6-5-15(23-17)9-12-7-13(20)10-14(21)8-12/h5-8,10H,9,11H2,1-4H3,(H,22,24). The predicted octanol–water partition coefficient (Wildman–Crippen LogP) is 3.74. The molecule has 0 saturated heterocycles. The summed E-state index contributed by atoms with van der Waals surface area (Å²) >= 11 is 0. The van der Waals surface area contributed by atoms with Gasteiger partial charge in [-0.1, -0.05) is 20.8 Å². The fraction of sp³-hybridized carbons (Fsp3) is 0.368. The second kappa shape index (κ2) is 7.59. The minimum atomic E-state index is -0.647. The summed E-state index contributed by atoms with van der Waals surface area (Å²) < 4.78 is 31.8. The van der Waals surface area contributed by atoms with E-state index in [-0.39, 0.29) is 23.4 Å². The molecule has 0 bridgehead atoms. The van der Waals surface area contributed by atoms with E-state index in [9.17, 15) is 13.6 Å². The van der Waals surface area contributed by atoms with E-state index in [1.54, 1.807) is 12.1 Å². The number of rotatable bonds is 5. The van der Waals surface area contributed by atoms with Gasteiger partial charge >= 0.3 is 0 Å². The van der Waals surface area contributed by atoms with Crippen molar-refractivity contribution in [3.63, 3.8) is 0 Å². The number of hydrogen-bond acceptors (Lipinski definition) is 3. The fourth-order valence-corrected chi connectivity index (χ4v) is 2.26. The lowest BCUT2D eigenvalue weighted by molar-refractivity contribution is 0.0930. The normalized spacial score (nSPS) is 11.3. The Bertz CT molecular complexity index is 750. The summed E-state index contributed by atoms with van der Waals surface area (Å²) in [6, 6.07) is 6.60. The first-order valence-corrected chi connectivity index (χ1v) is 7.95. The van der Waals surface area contributed by atoms with Crippen LogP contribution in [0.5, 0.6) is 5.75 Å². The van der Waals surface area contributed by atoms with Gasteiger partial charge in [-0.05, 0) is 35.2 Å². The highest BCUT2D eigenvalue weighted by Crippen LogP contribution is 2.20. The van der Waals surface area contributed by atoms with Crippen LogP contribution in [0.2, 0.25) is 0 Å². The SMILES string of the molecule is COc1ccc(Cc2cc(F)cc(F)c2)nc1C(=O)NCC(C)(C)C. The molecule has 0 aliphatic carbocycles. The van der Waals surface area contributed by atoms with Crippen molar-refractivity contribution in [3.05, 3.63) is 58.9 Å². The molecule has 1 aromatic heterocycles. The van der Waals surface area contributed by atoms with E-state index in [0.29, 0.717) is 23.6 Å². The fourth-order valence-electron chi connectivity index (χ4n) is 2.26. The molecule has 0 unspecified atom stereocenters. The molecular weight excluding hydrogens is 326 g/mol. The Kier molecular flexibility index (Phi) is 5.72. The minimum Gasteiger partial charge on any atom is -0.494 e. The monoisotopic (exact) mass is 348 g/mol. The number of aromatic nitrogens is 1. The molecule has 0 aliphatic heterocycles. The average molecular weight is 348 g/mol. The summed E-state index contributed by atoms with van der Waals surface area (Å²) in [5.74, 6) is -1.29. The molecule has 6 heteroatoms. The molecule has 1 heterocycles. The molecule has 0 radical (unpaired) electrons. The van der Waals surface area contributed by atoms with Crippen molar-refractivity contribution in [2.24, 2.45) is 5.41 Å². The zero-order valence-corrected chi connectivity index (χ0v) is 14.8. The van der Waals surface area contributed by atoms with Crippen LogP contribution in [0.4, 0.5) is 8.78 Å². The number of nitrogens with zero attached hydrogens (tertiary/aromatic N) is 1. The number of hydrogen-bond donors (Lipinski definition) is 1. The Morgan fingerprint density at radius 1 is 1.16 bits per heavy atom. The molecule has 1 N–H and O–H groups in total. The van der Waals surface area contributed by atoms with Gasteiger partial charge in [0.2, 0.25) is 0 Å². The molecule has 2 rings (SSSR count). The molecule has 0 saturated carbocycles. The number of halogens is 2.